The summed E-state index contributed by atoms with van der Waals surface area (Å²) in [6.45, 7) is 8.62. The van der Waals surface area contributed by atoms with Gasteiger partial charge < -0.3 is 14.7 Å². The molecule has 5 nitrogen and oxygen atoms in total. The van der Waals surface area contributed by atoms with Gasteiger partial charge in [-0.05, 0) is 52.9 Å². The third kappa shape index (κ3) is 4.36. The molecule has 5 heteroatoms. The van der Waals surface area contributed by atoms with Crippen molar-refractivity contribution in [2.45, 2.75) is 52.6 Å². The summed E-state index contributed by atoms with van der Waals surface area (Å²) in [5.41, 5.74) is -0.234. The van der Waals surface area contributed by atoms with Crippen LogP contribution in [0.25, 0.3) is 0 Å². The summed E-state index contributed by atoms with van der Waals surface area (Å²) in [6, 6.07) is 0. The molecule has 2 aliphatic rings. The Balaban J connectivity index is 2.04. The molecule has 2 rings (SSSR count). The average molecular weight is 321 g/mol. The first-order valence-corrected chi connectivity index (χ1v) is 8.20. The molecule has 1 amide bonds. The number of likely N-dealkylation sites (tertiary alicyclic amines) is 1. The zero-order valence-corrected chi connectivity index (χ0v) is 14.5. The zero-order valence-electron chi connectivity index (χ0n) is 14.5. The summed E-state index contributed by atoms with van der Waals surface area (Å²) in [7, 11) is 0. The maximum Gasteiger partial charge on any atom is 0.410 e. The Kier molecular flexibility index (Phi) is 4.87. The lowest BCUT2D eigenvalue weighted by molar-refractivity contribution is -0.145. The molecule has 128 valence electrons. The fraction of sp³-hybridized carbons (Fsp3) is 0.667. The SMILES string of the molecule is CC(C)(C)OC(=O)N1CCC[C@@H](C2=CC=CC(C)(C(=O)O)C2)C1. The van der Waals surface area contributed by atoms with Crippen molar-refractivity contribution in [2.24, 2.45) is 11.3 Å². The highest BCUT2D eigenvalue weighted by Crippen LogP contribution is 2.37. The molecule has 1 heterocycles. The van der Waals surface area contributed by atoms with Crippen LogP contribution in [0.4, 0.5) is 4.79 Å². The summed E-state index contributed by atoms with van der Waals surface area (Å²) in [5, 5.41) is 9.42. The molecule has 0 radical (unpaired) electrons. The van der Waals surface area contributed by atoms with E-state index in [9.17, 15) is 14.7 Å². The van der Waals surface area contributed by atoms with Gasteiger partial charge >= 0.3 is 12.1 Å². The van der Waals surface area contributed by atoms with Crippen molar-refractivity contribution in [3.63, 3.8) is 0 Å². The van der Waals surface area contributed by atoms with Crippen molar-refractivity contribution in [2.75, 3.05) is 13.1 Å². The van der Waals surface area contributed by atoms with Crippen LogP contribution in [-0.4, -0.2) is 40.8 Å². The van der Waals surface area contributed by atoms with E-state index in [2.05, 4.69) is 0 Å². The lowest BCUT2D eigenvalue weighted by Crippen LogP contribution is -2.43. The van der Waals surface area contributed by atoms with Gasteiger partial charge in [0.15, 0.2) is 0 Å². The van der Waals surface area contributed by atoms with E-state index in [-0.39, 0.29) is 12.0 Å². The summed E-state index contributed by atoms with van der Waals surface area (Å²) in [4.78, 5) is 25.5. The van der Waals surface area contributed by atoms with Gasteiger partial charge in [-0.1, -0.05) is 23.8 Å². The number of allylic oxidation sites excluding steroid dienone is 2. The third-order valence-corrected chi connectivity index (χ3v) is 4.43. The second-order valence-corrected chi connectivity index (χ2v) is 7.77. The maximum absolute atomic E-state index is 12.3. The van der Waals surface area contributed by atoms with Crippen molar-refractivity contribution in [1.29, 1.82) is 0 Å². The second kappa shape index (κ2) is 6.38. The number of amides is 1. The molecule has 0 aromatic heterocycles. The van der Waals surface area contributed by atoms with Crippen LogP contribution in [0.1, 0.15) is 47.0 Å². The largest absolute Gasteiger partial charge is 0.481 e. The van der Waals surface area contributed by atoms with Gasteiger partial charge in [-0.3, -0.25) is 4.79 Å². The van der Waals surface area contributed by atoms with Crippen LogP contribution >= 0.6 is 0 Å². The lowest BCUT2D eigenvalue weighted by Gasteiger charge is -2.37. The molecule has 0 aromatic rings. The van der Waals surface area contributed by atoms with Gasteiger partial charge in [-0.2, -0.15) is 0 Å². The van der Waals surface area contributed by atoms with Crippen LogP contribution in [0.5, 0.6) is 0 Å². The first kappa shape index (κ1) is 17.6. The predicted molar refractivity (Wildman–Crippen MR) is 88.1 cm³/mol. The molecule has 0 bridgehead atoms. The predicted octanol–water partition coefficient (Wildman–Crippen LogP) is 3.61. The Labute approximate surface area is 138 Å². The molecule has 1 aliphatic heterocycles. The Bertz CT molecular complexity index is 544. The number of carbonyl (C=O) groups excluding carboxylic acids is 1. The van der Waals surface area contributed by atoms with Crippen LogP contribution in [0.15, 0.2) is 23.8 Å². The smallest absolute Gasteiger partial charge is 0.410 e. The highest BCUT2D eigenvalue weighted by Gasteiger charge is 2.36. The average Bonchev–Trinajstić information content (AvgIpc) is 2.45. The number of carbonyl (C=O) groups is 2. The Morgan fingerprint density at radius 2 is 2.09 bits per heavy atom. The fourth-order valence-electron chi connectivity index (χ4n) is 3.13. The monoisotopic (exact) mass is 321 g/mol. The number of hydrogen-bond acceptors (Lipinski definition) is 3. The minimum Gasteiger partial charge on any atom is -0.481 e. The molecule has 1 aliphatic carbocycles. The topological polar surface area (TPSA) is 66.8 Å². The van der Waals surface area contributed by atoms with Gasteiger partial charge in [0, 0.05) is 13.1 Å². The number of ether oxygens (including phenoxy) is 1. The minimum atomic E-state index is -0.849. The van der Waals surface area contributed by atoms with E-state index in [0.29, 0.717) is 19.5 Å². The van der Waals surface area contributed by atoms with E-state index < -0.39 is 17.0 Å². The Morgan fingerprint density at radius 3 is 2.70 bits per heavy atom. The van der Waals surface area contributed by atoms with E-state index >= 15 is 0 Å². The van der Waals surface area contributed by atoms with Gasteiger partial charge in [0.2, 0.25) is 0 Å². The van der Waals surface area contributed by atoms with E-state index in [1.54, 1.807) is 17.9 Å². The van der Waals surface area contributed by atoms with E-state index in [0.717, 1.165) is 18.4 Å². The maximum atomic E-state index is 12.3. The standard InChI is InChI=1S/C18H27NO4/c1-17(2,3)23-16(22)19-10-6-8-14(12-19)13-7-5-9-18(4,11-13)15(20)21/h5,7,9,14H,6,8,10-12H2,1-4H3,(H,20,21)/t14-,18?/m1/s1. The van der Waals surface area contributed by atoms with E-state index in [4.69, 9.17) is 4.74 Å². The van der Waals surface area contributed by atoms with E-state index in [1.165, 1.54) is 0 Å². The van der Waals surface area contributed by atoms with Gasteiger partial charge in [0.25, 0.3) is 0 Å². The number of carboxylic acids is 1. The highest BCUT2D eigenvalue weighted by atomic mass is 16.6. The van der Waals surface area contributed by atoms with Crippen LogP contribution in [0.2, 0.25) is 0 Å². The summed E-state index contributed by atoms with van der Waals surface area (Å²) in [6.07, 6.45) is 7.70. The third-order valence-electron chi connectivity index (χ3n) is 4.43. The van der Waals surface area contributed by atoms with Crippen molar-refractivity contribution in [3.05, 3.63) is 23.8 Å². The summed E-state index contributed by atoms with van der Waals surface area (Å²) >= 11 is 0. The first-order valence-electron chi connectivity index (χ1n) is 8.20. The number of piperidine rings is 1. The summed E-state index contributed by atoms with van der Waals surface area (Å²) in [5.74, 6) is -0.598. The van der Waals surface area contributed by atoms with Crippen molar-refractivity contribution < 1.29 is 19.4 Å². The van der Waals surface area contributed by atoms with Gasteiger partial charge in [-0.25, -0.2) is 4.79 Å². The zero-order chi connectivity index (χ0) is 17.3. The second-order valence-electron chi connectivity index (χ2n) is 7.77. The molecule has 0 saturated carbocycles. The first-order chi connectivity index (χ1) is 10.6. The number of nitrogens with zero attached hydrogens (tertiary/aromatic N) is 1. The minimum absolute atomic E-state index is 0.208. The van der Waals surface area contributed by atoms with E-state index in [1.807, 2.05) is 32.9 Å². The van der Waals surface area contributed by atoms with Gasteiger partial charge in [-0.15, -0.1) is 0 Å². The Morgan fingerprint density at radius 1 is 1.39 bits per heavy atom. The molecule has 2 atom stereocenters. The molecular weight excluding hydrogens is 294 g/mol. The number of carboxylic acid groups (broad SMARTS) is 1. The molecule has 23 heavy (non-hydrogen) atoms. The molecule has 1 saturated heterocycles. The Hall–Kier alpha value is -1.78. The molecule has 1 N–H and O–H groups in total. The normalized spacial score (nSPS) is 28.3. The number of hydrogen-bond donors (Lipinski definition) is 1. The molecule has 0 aromatic carbocycles. The molecule has 1 fully saturated rings. The molecule has 1 unspecified atom stereocenters. The molecular formula is C18H27NO4. The van der Waals surface area contributed by atoms with Gasteiger partial charge in [0.1, 0.15) is 5.60 Å². The van der Waals surface area contributed by atoms with Crippen molar-refractivity contribution in [3.8, 4) is 0 Å². The van der Waals surface area contributed by atoms with Gasteiger partial charge in [0.05, 0.1) is 5.41 Å². The highest BCUT2D eigenvalue weighted by molar-refractivity contribution is 5.77. The van der Waals surface area contributed by atoms with Crippen LogP contribution in [-0.2, 0) is 9.53 Å². The number of aliphatic carboxylic acids is 1. The lowest BCUT2D eigenvalue weighted by atomic mass is 9.75. The van der Waals surface area contributed by atoms with Crippen LogP contribution < -0.4 is 0 Å². The fourth-order valence-corrected chi connectivity index (χ4v) is 3.13. The van der Waals surface area contributed by atoms with Crippen LogP contribution in [0, 0.1) is 11.3 Å². The van der Waals surface area contributed by atoms with Crippen molar-refractivity contribution in [1.82, 2.24) is 4.90 Å². The quantitative estimate of drug-likeness (QED) is 0.843. The van der Waals surface area contributed by atoms with Crippen molar-refractivity contribution >= 4 is 12.1 Å². The summed E-state index contributed by atoms with van der Waals surface area (Å²) < 4.78 is 5.45. The molecule has 0 spiro atoms. The van der Waals surface area contributed by atoms with Crippen LogP contribution in [0.3, 0.4) is 0 Å². The number of rotatable bonds is 2.